The van der Waals surface area contributed by atoms with E-state index in [1.807, 2.05) is 0 Å². The lowest BCUT2D eigenvalue weighted by Crippen LogP contribution is -2.29. The molecule has 2 atom stereocenters. The summed E-state index contributed by atoms with van der Waals surface area (Å²) in [5.41, 5.74) is 6.18. The van der Waals surface area contributed by atoms with Gasteiger partial charge in [0.15, 0.2) is 9.84 Å². The van der Waals surface area contributed by atoms with Crippen molar-refractivity contribution in [2.45, 2.75) is 33.1 Å². The molecule has 2 unspecified atom stereocenters. The Bertz CT molecular complexity index is 659. The van der Waals surface area contributed by atoms with Gasteiger partial charge in [-0.15, -0.1) is 11.3 Å². The summed E-state index contributed by atoms with van der Waals surface area (Å²) in [6.07, 6.45) is 0.288. The van der Waals surface area contributed by atoms with Crippen molar-refractivity contribution in [3.63, 3.8) is 0 Å². The number of fused-ring (bicyclic) bond motifs is 1. The Morgan fingerprint density at radius 3 is 2.59 bits per heavy atom. The van der Waals surface area contributed by atoms with Crippen LogP contribution in [-0.2, 0) is 19.9 Å². The number of rotatable bonds is 1. The Morgan fingerprint density at radius 2 is 2.06 bits per heavy atom. The molecule has 0 amide bonds. The van der Waals surface area contributed by atoms with Crippen molar-refractivity contribution in [2.24, 2.45) is 10.9 Å². The summed E-state index contributed by atoms with van der Waals surface area (Å²) < 4.78 is 46.3. The maximum Gasteiger partial charge on any atom is 0.247 e. The molecule has 0 aliphatic carbocycles. The molecule has 0 radical (unpaired) electrons. The van der Waals surface area contributed by atoms with E-state index < -0.39 is 31.2 Å². The predicted molar refractivity (Wildman–Crippen MR) is 63.9 cm³/mol. The minimum Gasteiger partial charge on any atom is -0.324 e. The second-order valence-electron chi connectivity index (χ2n) is 4.05. The van der Waals surface area contributed by atoms with Crippen LogP contribution in [-0.4, -0.2) is 22.1 Å². The van der Waals surface area contributed by atoms with Crippen molar-refractivity contribution < 1.29 is 16.8 Å². The monoisotopic (exact) mass is 296 g/mol. The molecule has 1 aromatic rings. The van der Waals surface area contributed by atoms with Crippen LogP contribution in [0.2, 0.25) is 0 Å². The number of hydrogen-bond acceptors (Lipinski definition) is 6. The van der Waals surface area contributed by atoms with Crippen LogP contribution < -0.4 is 10.9 Å². The average Bonchev–Trinajstić information content (AvgIpc) is 2.59. The lowest BCUT2D eigenvalue weighted by molar-refractivity contribution is 0.542. The van der Waals surface area contributed by atoms with Crippen molar-refractivity contribution >= 4 is 31.2 Å². The number of primary sulfonamides is 1. The van der Waals surface area contributed by atoms with Gasteiger partial charge in [-0.05, 0) is 25.0 Å². The van der Waals surface area contributed by atoms with E-state index in [0.717, 1.165) is 0 Å². The number of sulfone groups is 1. The molecule has 2 heterocycles. The van der Waals surface area contributed by atoms with E-state index in [1.54, 1.807) is 6.92 Å². The van der Waals surface area contributed by atoms with Crippen LogP contribution in [0.25, 0.3) is 0 Å². The standard InChI is InChI=1S/C8H12N2O4S3/c1-4-2-6(9)5-3-7(17(10,13)14)15-8(5)16(4,11)12/h3-4,6H,2,9H2,1H3,(H2,10,13,14). The highest BCUT2D eigenvalue weighted by molar-refractivity contribution is 7.95. The number of nitrogens with two attached hydrogens (primary N) is 2. The van der Waals surface area contributed by atoms with Crippen molar-refractivity contribution in [2.75, 3.05) is 0 Å². The third-order valence-corrected chi connectivity index (χ3v) is 8.07. The zero-order valence-electron chi connectivity index (χ0n) is 8.95. The van der Waals surface area contributed by atoms with Crippen molar-refractivity contribution in [1.29, 1.82) is 0 Å². The summed E-state index contributed by atoms with van der Waals surface area (Å²) in [4.78, 5) is 0. The van der Waals surface area contributed by atoms with E-state index >= 15 is 0 Å². The van der Waals surface area contributed by atoms with E-state index in [0.29, 0.717) is 16.9 Å². The van der Waals surface area contributed by atoms with Crippen LogP contribution in [0.5, 0.6) is 0 Å². The fraction of sp³-hybridized carbons (Fsp3) is 0.500. The Balaban J connectivity index is 2.73. The molecule has 2 rings (SSSR count). The summed E-state index contributed by atoms with van der Waals surface area (Å²) in [5.74, 6) is 0. The first-order chi connectivity index (χ1) is 7.64. The lowest BCUT2D eigenvalue weighted by atomic mass is 10.1. The Hall–Kier alpha value is -0.480. The first kappa shape index (κ1) is 13.0. The molecule has 4 N–H and O–H groups in total. The molecule has 0 saturated heterocycles. The van der Waals surface area contributed by atoms with Gasteiger partial charge >= 0.3 is 0 Å². The topological polar surface area (TPSA) is 120 Å². The minimum atomic E-state index is -3.89. The normalized spacial score (nSPS) is 27.7. The van der Waals surface area contributed by atoms with Crippen molar-refractivity contribution in [3.8, 4) is 0 Å². The first-order valence-electron chi connectivity index (χ1n) is 4.80. The van der Waals surface area contributed by atoms with Gasteiger partial charge < -0.3 is 5.73 Å². The van der Waals surface area contributed by atoms with Crippen molar-refractivity contribution in [1.82, 2.24) is 0 Å². The van der Waals surface area contributed by atoms with Gasteiger partial charge in [0.1, 0.15) is 8.42 Å². The van der Waals surface area contributed by atoms with Crippen LogP contribution in [0.3, 0.4) is 0 Å². The van der Waals surface area contributed by atoms with Crippen molar-refractivity contribution in [3.05, 3.63) is 11.6 Å². The quantitative estimate of drug-likeness (QED) is 0.753. The third-order valence-electron chi connectivity index (χ3n) is 2.76. The average molecular weight is 296 g/mol. The first-order valence-corrected chi connectivity index (χ1v) is 8.71. The minimum absolute atomic E-state index is 0.0350. The second kappa shape index (κ2) is 3.75. The number of sulfonamides is 1. The van der Waals surface area contributed by atoms with Crippen LogP contribution in [0.4, 0.5) is 0 Å². The van der Waals surface area contributed by atoms with E-state index in [9.17, 15) is 16.8 Å². The molecule has 0 aromatic carbocycles. The Morgan fingerprint density at radius 1 is 1.47 bits per heavy atom. The molecular formula is C8H12N2O4S3. The smallest absolute Gasteiger partial charge is 0.247 e. The van der Waals surface area contributed by atoms with E-state index in [4.69, 9.17) is 10.9 Å². The molecule has 0 fully saturated rings. The molecule has 9 heteroatoms. The van der Waals surface area contributed by atoms with Gasteiger partial charge in [-0.2, -0.15) is 0 Å². The molecule has 0 saturated carbocycles. The SMILES string of the molecule is CC1CC(N)c2cc(S(N)(=O)=O)sc2S1(=O)=O. The highest BCUT2D eigenvalue weighted by Gasteiger charge is 2.37. The molecule has 6 nitrogen and oxygen atoms in total. The highest BCUT2D eigenvalue weighted by atomic mass is 32.3. The molecule has 0 bridgehead atoms. The molecular weight excluding hydrogens is 284 g/mol. The fourth-order valence-corrected chi connectivity index (χ4v) is 6.23. The maximum absolute atomic E-state index is 12.0. The summed E-state index contributed by atoms with van der Waals surface area (Å²) in [5, 5.41) is 4.38. The van der Waals surface area contributed by atoms with E-state index in [-0.39, 0.29) is 14.8 Å². The predicted octanol–water partition coefficient (Wildman–Crippen LogP) is -0.0388. The van der Waals surface area contributed by atoms with E-state index in [1.165, 1.54) is 6.07 Å². The zero-order chi connectivity index (χ0) is 13.0. The van der Waals surface area contributed by atoms with Gasteiger partial charge in [-0.1, -0.05) is 0 Å². The van der Waals surface area contributed by atoms with Crippen LogP contribution in [0.1, 0.15) is 24.9 Å². The summed E-state index contributed by atoms with van der Waals surface area (Å²) in [6.45, 7) is 1.56. The van der Waals surface area contributed by atoms with Gasteiger partial charge in [0.2, 0.25) is 10.0 Å². The highest BCUT2D eigenvalue weighted by Crippen LogP contribution is 2.41. The Kier molecular flexibility index (Phi) is 2.86. The number of thiophene rings is 1. The van der Waals surface area contributed by atoms with Gasteiger partial charge in [0.25, 0.3) is 0 Å². The molecule has 96 valence electrons. The number of hydrogen-bond donors (Lipinski definition) is 2. The maximum atomic E-state index is 12.0. The zero-order valence-corrected chi connectivity index (χ0v) is 11.4. The Labute approximate surface area is 104 Å². The van der Waals surface area contributed by atoms with Crippen LogP contribution in [0, 0.1) is 0 Å². The van der Waals surface area contributed by atoms with E-state index in [2.05, 4.69) is 0 Å². The summed E-state index contributed by atoms with van der Waals surface area (Å²) in [6, 6.07) is 0.805. The second-order valence-corrected chi connectivity index (χ2v) is 9.45. The van der Waals surface area contributed by atoms with Crippen LogP contribution in [0.15, 0.2) is 14.5 Å². The molecule has 17 heavy (non-hydrogen) atoms. The lowest BCUT2D eigenvalue weighted by Gasteiger charge is -2.23. The molecule has 1 aromatic heterocycles. The van der Waals surface area contributed by atoms with Gasteiger partial charge in [-0.25, -0.2) is 22.0 Å². The fourth-order valence-electron chi connectivity index (χ4n) is 1.78. The summed E-state index contributed by atoms with van der Waals surface area (Å²) >= 11 is 0.676. The largest absolute Gasteiger partial charge is 0.324 e. The third kappa shape index (κ3) is 2.02. The molecule has 1 aliphatic rings. The van der Waals surface area contributed by atoms with Gasteiger partial charge in [0, 0.05) is 6.04 Å². The van der Waals surface area contributed by atoms with Gasteiger partial charge in [-0.3, -0.25) is 0 Å². The molecule has 1 aliphatic heterocycles. The van der Waals surface area contributed by atoms with Crippen LogP contribution >= 0.6 is 11.3 Å². The molecule has 0 spiro atoms. The summed E-state index contributed by atoms with van der Waals surface area (Å²) in [7, 11) is -7.36. The van der Waals surface area contributed by atoms with Gasteiger partial charge in [0.05, 0.1) is 5.25 Å².